The highest BCUT2D eigenvalue weighted by molar-refractivity contribution is 5.73. The molecule has 0 aliphatic carbocycles. The van der Waals surface area contributed by atoms with Crippen molar-refractivity contribution in [3.63, 3.8) is 0 Å². The summed E-state index contributed by atoms with van der Waals surface area (Å²) in [5.74, 6) is -1.58. The fraction of sp³-hybridized carbons (Fsp3) is 0.467. The van der Waals surface area contributed by atoms with Crippen molar-refractivity contribution in [2.24, 2.45) is 11.1 Å². The van der Waals surface area contributed by atoms with Crippen molar-refractivity contribution in [1.82, 2.24) is 0 Å². The van der Waals surface area contributed by atoms with E-state index in [2.05, 4.69) is 0 Å². The lowest BCUT2D eigenvalue weighted by molar-refractivity contribution is -0.139. The highest BCUT2D eigenvalue weighted by atomic mass is 16.4. The molecule has 0 radical (unpaired) electrons. The van der Waals surface area contributed by atoms with E-state index in [0.29, 0.717) is 0 Å². The summed E-state index contributed by atoms with van der Waals surface area (Å²) in [6, 6.07) is 5.42. The molecule has 0 aliphatic rings. The van der Waals surface area contributed by atoms with E-state index in [9.17, 15) is 9.59 Å². The zero-order chi connectivity index (χ0) is 16.6. The first-order valence-corrected chi connectivity index (χ1v) is 6.49. The SMILES string of the molecule is CC(C)(C)CC(=O)O.N[C@@H](Cc1ccc(O)cc1)C(=O)O. The van der Waals surface area contributed by atoms with Crippen molar-refractivity contribution >= 4 is 11.9 Å². The minimum atomic E-state index is -1.02. The lowest BCUT2D eigenvalue weighted by Gasteiger charge is -2.13. The van der Waals surface area contributed by atoms with Gasteiger partial charge in [0.05, 0.1) is 6.42 Å². The standard InChI is InChI=1S/C9H11NO3.C6H12O2/c10-8(9(12)13)5-6-1-3-7(11)4-2-6;1-6(2,3)4-5(7)8/h1-4,8,11H,5,10H2,(H,12,13);4H2,1-3H3,(H,7,8)/t8-;/m0./s1. The Hall–Kier alpha value is -2.08. The van der Waals surface area contributed by atoms with Crippen LogP contribution in [-0.4, -0.2) is 33.3 Å². The molecular formula is C15H23NO5. The summed E-state index contributed by atoms with van der Waals surface area (Å²) in [4.78, 5) is 20.4. The molecule has 0 spiro atoms. The van der Waals surface area contributed by atoms with Gasteiger partial charge in [0.15, 0.2) is 0 Å². The summed E-state index contributed by atoms with van der Waals surface area (Å²) in [5, 5.41) is 25.7. The highest BCUT2D eigenvalue weighted by Crippen LogP contribution is 2.17. The third-order valence-electron chi connectivity index (χ3n) is 2.39. The van der Waals surface area contributed by atoms with Crippen molar-refractivity contribution in [3.05, 3.63) is 29.8 Å². The Morgan fingerprint density at radius 2 is 1.62 bits per heavy atom. The van der Waals surface area contributed by atoms with Gasteiger partial charge in [-0.2, -0.15) is 0 Å². The number of phenols is 1. The number of hydrogen-bond acceptors (Lipinski definition) is 4. The second kappa shape index (κ2) is 8.26. The molecule has 118 valence electrons. The minimum absolute atomic E-state index is 0.0775. The second-order valence-electron chi connectivity index (χ2n) is 5.95. The van der Waals surface area contributed by atoms with Crippen LogP contribution in [0.25, 0.3) is 0 Å². The van der Waals surface area contributed by atoms with E-state index in [4.69, 9.17) is 21.1 Å². The van der Waals surface area contributed by atoms with Crippen LogP contribution in [0.2, 0.25) is 0 Å². The molecule has 0 saturated carbocycles. The van der Waals surface area contributed by atoms with E-state index in [-0.39, 0.29) is 24.0 Å². The molecule has 0 heterocycles. The van der Waals surface area contributed by atoms with Crippen LogP contribution >= 0.6 is 0 Å². The van der Waals surface area contributed by atoms with Crippen molar-refractivity contribution in [2.75, 3.05) is 0 Å². The maximum absolute atomic E-state index is 10.4. The summed E-state index contributed by atoms with van der Waals surface area (Å²) in [7, 11) is 0. The quantitative estimate of drug-likeness (QED) is 0.673. The average Bonchev–Trinajstić information content (AvgIpc) is 2.29. The summed E-state index contributed by atoms with van der Waals surface area (Å²) in [6.07, 6.45) is 0.516. The number of rotatable bonds is 4. The molecule has 1 rings (SSSR count). The number of benzene rings is 1. The van der Waals surface area contributed by atoms with Gasteiger partial charge in [-0.25, -0.2) is 0 Å². The molecule has 0 fully saturated rings. The van der Waals surface area contributed by atoms with Gasteiger partial charge in [-0.3, -0.25) is 9.59 Å². The van der Waals surface area contributed by atoms with Crippen LogP contribution in [0.15, 0.2) is 24.3 Å². The van der Waals surface area contributed by atoms with Gasteiger partial charge in [0.25, 0.3) is 0 Å². The number of aliphatic carboxylic acids is 2. The third-order valence-corrected chi connectivity index (χ3v) is 2.39. The molecular weight excluding hydrogens is 274 g/mol. The maximum Gasteiger partial charge on any atom is 0.320 e. The van der Waals surface area contributed by atoms with Gasteiger partial charge in [-0.15, -0.1) is 0 Å². The fourth-order valence-electron chi connectivity index (χ4n) is 1.43. The Bertz CT molecular complexity index is 462. The first-order valence-electron chi connectivity index (χ1n) is 6.49. The molecule has 0 saturated heterocycles. The lowest BCUT2D eigenvalue weighted by atomic mass is 9.93. The van der Waals surface area contributed by atoms with Crippen LogP contribution in [0.5, 0.6) is 5.75 Å². The summed E-state index contributed by atoms with van der Waals surface area (Å²) in [6.45, 7) is 5.71. The van der Waals surface area contributed by atoms with Gasteiger partial charge in [-0.05, 0) is 29.5 Å². The maximum atomic E-state index is 10.4. The second-order valence-corrected chi connectivity index (χ2v) is 5.95. The molecule has 5 N–H and O–H groups in total. The molecule has 21 heavy (non-hydrogen) atoms. The summed E-state index contributed by atoms with van der Waals surface area (Å²) >= 11 is 0. The highest BCUT2D eigenvalue weighted by Gasteiger charge is 2.14. The van der Waals surface area contributed by atoms with Gasteiger partial charge >= 0.3 is 11.9 Å². The van der Waals surface area contributed by atoms with E-state index >= 15 is 0 Å². The van der Waals surface area contributed by atoms with Crippen molar-refractivity contribution in [3.8, 4) is 5.75 Å². The van der Waals surface area contributed by atoms with E-state index in [0.717, 1.165) is 5.56 Å². The number of phenolic OH excluding ortho intramolecular Hbond substituents is 1. The number of carbonyl (C=O) groups is 2. The molecule has 6 nitrogen and oxygen atoms in total. The zero-order valence-corrected chi connectivity index (χ0v) is 12.5. The smallest absolute Gasteiger partial charge is 0.320 e. The average molecular weight is 297 g/mol. The Labute approximate surface area is 124 Å². The van der Waals surface area contributed by atoms with Gasteiger partial charge < -0.3 is 21.1 Å². The van der Waals surface area contributed by atoms with Gasteiger partial charge in [0, 0.05) is 0 Å². The Morgan fingerprint density at radius 1 is 1.14 bits per heavy atom. The molecule has 0 aliphatic heterocycles. The van der Waals surface area contributed by atoms with Crippen molar-refractivity contribution in [2.45, 2.75) is 39.7 Å². The normalized spacial score (nSPS) is 12.0. The van der Waals surface area contributed by atoms with E-state index < -0.39 is 18.0 Å². The Kier molecular flexibility index (Phi) is 7.44. The van der Waals surface area contributed by atoms with Crippen molar-refractivity contribution < 1.29 is 24.9 Å². The van der Waals surface area contributed by atoms with Crippen LogP contribution < -0.4 is 5.73 Å². The molecule has 1 aromatic carbocycles. The predicted molar refractivity (Wildman–Crippen MR) is 79.1 cm³/mol. The van der Waals surface area contributed by atoms with E-state index in [1.165, 1.54) is 12.1 Å². The molecule has 0 bridgehead atoms. The Morgan fingerprint density at radius 3 is 1.90 bits per heavy atom. The number of carboxylic acids is 2. The first-order chi connectivity index (χ1) is 9.51. The molecule has 6 heteroatoms. The Balaban J connectivity index is 0.000000433. The topological polar surface area (TPSA) is 121 Å². The monoisotopic (exact) mass is 297 g/mol. The molecule has 1 aromatic rings. The minimum Gasteiger partial charge on any atom is -0.508 e. The van der Waals surface area contributed by atoms with Gasteiger partial charge in [0.2, 0.25) is 0 Å². The van der Waals surface area contributed by atoms with Crippen LogP contribution in [-0.2, 0) is 16.0 Å². The first kappa shape index (κ1) is 18.9. The van der Waals surface area contributed by atoms with Crippen LogP contribution in [0.4, 0.5) is 0 Å². The number of aromatic hydroxyl groups is 1. The fourth-order valence-corrected chi connectivity index (χ4v) is 1.43. The largest absolute Gasteiger partial charge is 0.508 e. The molecule has 1 atom stereocenters. The molecule has 0 aromatic heterocycles. The van der Waals surface area contributed by atoms with Crippen LogP contribution in [0.3, 0.4) is 0 Å². The number of nitrogens with two attached hydrogens (primary N) is 1. The summed E-state index contributed by atoms with van der Waals surface area (Å²) in [5.41, 5.74) is 6.05. The number of hydrogen-bond donors (Lipinski definition) is 4. The zero-order valence-electron chi connectivity index (χ0n) is 12.5. The van der Waals surface area contributed by atoms with Crippen LogP contribution in [0, 0.1) is 5.41 Å². The summed E-state index contributed by atoms with van der Waals surface area (Å²) < 4.78 is 0. The predicted octanol–water partition coefficient (Wildman–Crippen LogP) is 1.85. The van der Waals surface area contributed by atoms with Crippen LogP contribution in [0.1, 0.15) is 32.8 Å². The van der Waals surface area contributed by atoms with Crippen molar-refractivity contribution in [1.29, 1.82) is 0 Å². The van der Waals surface area contributed by atoms with E-state index in [1.54, 1.807) is 12.1 Å². The molecule has 0 unspecified atom stereocenters. The third kappa shape index (κ3) is 10.4. The van der Waals surface area contributed by atoms with E-state index in [1.807, 2.05) is 20.8 Å². The number of carboxylic acid groups (broad SMARTS) is 2. The van der Waals surface area contributed by atoms with Gasteiger partial charge in [-0.1, -0.05) is 32.9 Å². The lowest BCUT2D eigenvalue weighted by Crippen LogP contribution is -2.32. The van der Waals surface area contributed by atoms with Gasteiger partial charge in [0.1, 0.15) is 11.8 Å². The molecule has 0 amide bonds.